The summed E-state index contributed by atoms with van der Waals surface area (Å²) in [7, 11) is 1.43. The molecular formula is C14H15F3O5. The van der Waals surface area contributed by atoms with Crippen molar-refractivity contribution in [2.75, 3.05) is 20.3 Å². The molecule has 0 amide bonds. The van der Waals surface area contributed by atoms with Crippen molar-refractivity contribution in [3.8, 4) is 11.5 Å². The fourth-order valence-electron chi connectivity index (χ4n) is 1.44. The quantitative estimate of drug-likeness (QED) is 0.544. The zero-order chi connectivity index (χ0) is 16.6. The normalized spacial score (nSPS) is 12.4. The van der Waals surface area contributed by atoms with Crippen molar-refractivity contribution in [3.05, 3.63) is 36.9 Å². The van der Waals surface area contributed by atoms with E-state index in [2.05, 4.69) is 11.3 Å². The van der Waals surface area contributed by atoms with Crippen molar-refractivity contribution in [3.63, 3.8) is 0 Å². The number of benzene rings is 1. The van der Waals surface area contributed by atoms with Crippen LogP contribution < -0.4 is 9.47 Å². The van der Waals surface area contributed by atoms with Crippen LogP contribution in [0.4, 0.5) is 13.2 Å². The largest absolute Gasteiger partial charge is 0.573 e. The number of hydrogen-bond acceptors (Lipinski definition) is 5. The van der Waals surface area contributed by atoms with E-state index in [1.54, 1.807) is 0 Å². The third-order valence-electron chi connectivity index (χ3n) is 2.30. The van der Waals surface area contributed by atoms with E-state index in [1.165, 1.54) is 19.2 Å². The van der Waals surface area contributed by atoms with Crippen molar-refractivity contribution in [1.29, 1.82) is 0 Å². The highest BCUT2D eigenvalue weighted by Gasteiger charge is 2.31. The van der Waals surface area contributed by atoms with Crippen molar-refractivity contribution < 1.29 is 36.9 Å². The van der Waals surface area contributed by atoms with E-state index >= 15 is 0 Å². The van der Waals surface area contributed by atoms with Crippen molar-refractivity contribution >= 4 is 5.97 Å². The number of rotatable bonds is 8. The topological polar surface area (TPSA) is 54.0 Å². The van der Waals surface area contributed by atoms with E-state index in [1.807, 2.05) is 0 Å². The molecule has 0 aromatic heterocycles. The Balaban J connectivity index is 2.54. The predicted molar refractivity (Wildman–Crippen MR) is 70.6 cm³/mol. The molecule has 22 heavy (non-hydrogen) atoms. The molecule has 0 radical (unpaired) electrons. The predicted octanol–water partition coefficient (Wildman–Crippen LogP) is 2.71. The van der Waals surface area contributed by atoms with Crippen LogP contribution in [-0.4, -0.2) is 38.8 Å². The molecule has 0 saturated carbocycles. The number of methoxy groups -OCH3 is 1. The lowest BCUT2D eigenvalue weighted by atomic mass is 10.3. The van der Waals surface area contributed by atoms with Crippen LogP contribution in [0.2, 0.25) is 0 Å². The molecule has 0 aliphatic carbocycles. The first-order chi connectivity index (χ1) is 10.3. The number of ether oxygens (including phenoxy) is 4. The molecule has 0 fully saturated rings. The third-order valence-corrected chi connectivity index (χ3v) is 2.30. The SMILES string of the molecule is C=CC(=O)OC(COC)COc1ccc(OC(F)(F)F)cc1. The van der Waals surface area contributed by atoms with Gasteiger partial charge in [0.1, 0.15) is 18.1 Å². The fourth-order valence-corrected chi connectivity index (χ4v) is 1.44. The van der Waals surface area contributed by atoms with Crippen molar-refractivity contribution in [1.82, 2.24) is 0 Å². The first-order valence-electron chi connectivity index (χ1n) is 6.14. The molecule has 0 N–H and O–H groups in total. The summed E-state index contributed by atoms with van der Waals surface area (Å²) in [5, 5.41) is 0. The van der Waals surface area contributed by atoms with Gasteiger partial charge >= 0.3 is 12.3 Å². The fraction of sp³-hybridized carbons (Fsp3) is 0.357. The van der Waals surface area contributed by atoms with Crippen LogP contribution in [0, 0.1) is 0 Å². The summed E-state index contributed by atoms with van der Waals surface area (Å²) in [5.74, 6) is -0.684. The van der Waals surface area contributed by atoms with Crippen LogP contribution in [0.1, 0.15) is 0 Å². The van der Waals surface area contributed by atoms with Gasteiger partial charge in [-0.15, -0.1) is 13.2 Å². The minimum absolute atomic E-state index is 0.0209. The van der Waals surface area contributed by atoms with E-state index in [0.29, 0.717) is 5.75 Å². The Bertz CT molecular complexity index is 484. The Morgan fingerprint density at radius 3 is 2.32 bits per heavy atom. The molecule has 0 aliphatic rings. The zero-order valence-electron chi connectivity index (χ0n) is 11.8. The summed E-state index contributed by atoms with van der Waals surface area (Å²) in [6.45, 7) is 3.35. The molecule has 0 saturated heterocycles. The van der Waals surface area contributed by atoms with E-state index in [-0.39, 0.29) is 19.0 Å². The lowest BCUT2D eigenvalue weighted by molar-refractivity contribution is -0.274. The lowest BCUT2D eigenvalue weighted by Crippen LogP contribution is -2.28. The van der Waals surface area contributed by atoms with Crippen molar-refractivity contribution in [2.45, 2.75) is 12.5 Å². The maximum absolute atomic E-state index is 12.0. The van der Waals surface area contributed by atoms with Crippen LogP contribution in [0.25, 0.3) is 0 Å². The van der Waals surface area contributed by atoms with Gasteiger partial charge in [-0.3, -0.25) is 0 Å². The average Bonchev–Trinajstić information content (AvgIpc) is 2.44. The standard InChI is InChI=1S/C14H15F3O5/c1-3-13(18)21-12(8-19-2)9-20-10-4-6-11(7-5-10)22-14(15,16)17/h3-7,12H,1,8-9H2,2H3. The number of hydrogen-bond donors (Lipinski definition) is 0. The molecule has 5 nitrogen and oxygen atoms in total. The first-order valence-corrected chi connectivity index (χ1v) is 6.14. The summed E-state index contributed by atoms with van der Waals surface area (Å²) in [6, 6.07) is 4.84. The van der Waals surface area contributed by atoms with Gasteiger partial charge in [0, 0.05) is 13.2 Å². The van der Waals surface area contributed by atoms with E-state index in [0.717, 1.165) is 18.2 Å². The second-order valence-corrected chi connectivity index (χ2v) is 4.05. The van der Waals surface area contributed by atoms with Crippen LogP contribution >= 0.6 is 0 Å². The minimum Gasteiger partial charge on any atom is -0.490 e. The summed E-state index contributed by atoms with van der Waals surface area (Å²) in [4.78, 5) is 11.1. The van der Waals surface area contributed by atoms with Gasteiger partial charge in [-0.25, -0.2) is 4.79 Å². The van der Waals surface area contributed by atoms with Gasteiger partial charge in [-0.2, -0.15) is 0 Å². The number of alkyl halides is 3. The average molecular weight is 320 g/mol. The molecule has 122 valence electrons. The molecule has 1 rings (SSSR count). The highest BCUT2D eigenvalue weighted by Crippen LogP contribution is 2.24. The van der Waals surface area contributed by atoms with Gasteiger partial charge < -0.3 is 18.9 Å². The lowest BCUT2D eigenvalue weighted by Gasteiger charge is -2.17. The van der Waals surface area contributed by atoms with Gasteiger partial charge in [0.25, 0.3) is 0 Å². The molecule has 1 atom stereocenters. The third kappa shape index (κ3) is 6.98. The van der Waals surface area contributed by atoms with Crippen LogP contribution in [0.15, 0.2) is 36.9 Å². The zero-order valence-corrected chi connectivity index (χ0v) is 11.8. The highest BCUT2D eigenvalue weighted by molar-refractivity contribution is 5.81. The van der Waals surface area contributed by atoms with Gasteiger partial charge in [0.15, 0.2) is 6.10 Å². The Labute approximate surface area is 125 Å². The van der Waals surface area contributed by atoms with Crippen LogP contribution in [-0.2, 0) is 14.3 Å². The summed E-state index contributed by atoms with van der Waals surface area (Å²) in [5.41, 5.74) is 0. The molecule has 8 heteroatoms. The molecule has 0 bridgehead atoms. The van der Waals surface area contributed by atoms with Gasteiger partial charge in [-0.1, -0.05) is 6.58 Å². The number of esters is 1. The molecule has 1 unspecified atom stereocenters. The first kappa shape index (κ1) is 17.8. The smallest absolute Gasteiger partial charge is 0.490 e. The molecular weight excluding hydrogens is 305 g/mol. The van der Waals surface area contributed by atoms with Gasteiger partial charge in [0.2, 0.25) is 0 Å². The monoisotopic (exact) mass is 320 g/mol. The molecule has 0 spiro atoms. The molecule has 1 aromatic carbocycles. The number of carbonyl (C=O) groups excluding carboxylic acids is 1. The van der Waals surface area contributed by atoms with E-state index < -0.39 is 18.4 Å². The summed E-state index contributed by atoms with van der Waals surface area (Å²) < 4.78 is 54.9. The Hall–Kier alpha value is -2.22. The summed E-state index contributed by atoms with van der Waals surface area (Å²) >= 11 is 0. The summed E-state index contributed by atoms with van der Waals surface area (Å²) in [6.07, 6.45) is -4.40. The second kappa shape index (κ2) is 8.28. The molecule has 0 aliphatic heterocycles. The Morgan fingerprint density at radius 1 is 1.23 bits per heavy atom. The number of carbonyl (C=O) groups is 1. The van der Waals surface area contributed by atoms with E-state index in [9.17, 15) is 18.0 Å². The van der Waals surface area contributed by atoms with Crippen LogP contribution in [0.5, 0.6) is 11.5 Å². The van der Waals surface area contributed by atoms with Crippen molar-refractivity contribution in [2.24, 2.45) is 0 Å². The Morgan fingerprint density at radius 2 is 1.82 bits per heavy atom. The maximum Gasteiger partial charge on any atom is 0.573 e. The van der Waals surface area contributed by atoms with Gasteiger partial charge in [0.05, 0.1) is 6.61 Å². The van der Waals surface area contributed by atoms with Gasteiger partial charge in [-0.05, 0) is 24.3 Å². The molecule has 0 heterocycles. The minimum atomic E-state index is -4.75. The van der Waals surface area contributed by atoms with E-state index in [4.69, 9.17) is 14.2 Å². The molecule has 1 aromatic rings. The highest BCUT2D eigenvalue weighted by atomic mass is 19.4. The Kier molecular flexibility index (Phi) is 6.71. The number of halogens is 3. The maximum atomic E-state index is 12.0. The van der Waals surface area contributed by atoms with Crippen LogP contribution in [0.3, 0.4) is 0 Å². The second-order valence-electron chi connectivity index (χ2n) is 4.05.